The van der Waals surface area contributed by atoms with Crippen LogP contribution in [0.5, 0.6) is 5.75 Å². The third kappa shape index (κ3) is 3.96. The summed E-state index contributed by atoms with van der Waals surface area (Å²) in [6, 6.07) is 12.0. The van der Waals surface area contributed by atoms with Crippen LogP contribution in [0.15, 0.2) is 42.5 Å². The molecule has 2 atom stereocenters. The standard InChI is InChI=1S/C17H19ClFNO/c1-3-16(20)17(12-5-4-6-13(18)10-12)21-14-7-8-15(19)11(2)9-14/h4-10,16-17H,3,20H2,1-2H3. The Hall–Kier alpha value is -1.58. The highest BCUT2D eigenvalue weighted by Crippen LogP contribution is 2.28. The SMILES string of the molecule is CCC(N)C(Oc1ccc(F)c(C)c1)c1cccc(Cl)c1. The van der Waals surface area contributed by atoms with Crippen LogP contribution in [0.3, 0.4) is 0 Å². The molecule has 0 spiro atoms. The summed E-state index contributed by atoms with van der Waals surface area (Å²) in [5.74, 6) is 0.351. The fraction of sp³-hybridized carbons (Fsp3) is 0.294. The largest absolute Gasteiger partial charge is 0.484 e. The Morgan fingerprint density at radius 1 is 1.24 bits per heavy atom. The van der Waals surface area contributed by atoms with Crippen LogP contribution >= 0.6 is 11.6 Å². The maximum Gasteiger partial charge on any atom is 0.139 e. The van der Waals surface area contributed by atoms with E-state index in [1.54, 1.807) is 19.1 Å². The maximum absolute atomic E-state index is 13.3. The Morgan fingerprint density at radius 2 is 2.00 bits per heavy atom. The molecule has 0 bridgehead atoms. The molecule has 0 aliphatic carbocycles. The van der Waals surface area contributed by atoms with E-state index in [0.29, 0.717) is 16.3 Å². The Kier molecular flexibility index (Phi) is 5.21. The third-order valence-electron chi connectivity index (χ3n) is 3.43. The van der Waals surface area contributed by atoms with Gasteiger partial charge < -0.3 is 10.5 Å². The van der Waals surface area contributed by atoms with Crippen molar-refractivity contribution >= 4 is 11.6 Å². The van der Waals surface area contributed by atoms with Gasteiger partial charge in [-0.05, 0) is 54.8 Å². The summed E-state index contributed by atoms with van der Waals surface area (Å²) < 4.78 is 19.3. The number of nitrogens with two attached hydrogens (primary N) is 1. The van der Waals surface area contributed by atoms with Gasteiger partial charge in [-0.3, -0.25) is 0 Å². The minimum Gasteiger partial charge on any atom is -0.484 e. The second-order valence-corrected chi connectivity index (χ2v) is 5.51. The molecule has 0 saturated carbocycles. The first-order valence-corrected chi connectivity index (χ1v) is 7.33. The predicted octanol–water partition coefficient (Wildman–Crippen LogP) is 4.64. The van der Waals surface area contributed by atoms with Crippen molar-refractivity contribution in [2.75, 3.05) is 0 Å². The van der Waals surface area contributed by atoms with Gasteiger partial charge in [-0.2, -0.15) is 0 Å². The van der Waals surface area contributed by atoms with E-state index in [0.717, 1.165) is 12.0 Å². The van der Waals surface area contributed by atoms with Crippen molar-refractivity contribution < 1.29 is 9.13 Å². The third-order valence-corrected chi connectivity index (χ3v) is 3.67. The summed E-state index contributed by atoms with van der Waals surface area (Å²) in [5, 5.41) is 0.639. The number of halogens is 2. The van der Waals surface area contributed by atoms with Gasteiger partial charge in [0.15, 0.2) is 0 Å². The van der Waals surface area contributed by atoms with E-state index < -0.39 is 0 Å². The number of hydrogen-bond acceptors (Lipinski definition) is 2. The van der Waals surface area contributed by atoms with Gasteiger partial charge in [0.2, 0.25) is 0 Å². The van der Waals surface area contributed by atoms with Crippen molar-refractivity contribution in [1.82, 2.24) is 0 Å². The van der Waals surface area contributed by atoms with Gasteiger partial charge in [-0.1, -0.05) is 30.7 Å². The van der Waals surface area contributed by atoms with Crippen molar-refractivity contribution in [3.8, 4) is 5.75 Å². The highest BCUT2D eigenvalue weighted by atomic mass is 35.5. The van der Waals surface area contributed by atoms with Crippen LogP contribution < -0.4 is 10.5 Å². The van der Waals surface area contributed by atoms with E-state index >= 15 is 0 Å². The van der Waals surface area contributed by atoms with Gasteiger partial charge >= 0.3 is 0 Å². The first-order chi connectivity index (χ1) is 10.0. The topological polar surface area (TPSA) is 35.2 Å². The lowest BCUT2D eigenvalue weighted by molar-refractivity contribution is 0.171. The van der Waals surface area contributed by atoms with Gasteiger partial charge in [0.05, 0.1) is 0 Å². The molecule has 0 radical (unpaired) electrons. The zero-order valence-corrected chi connectivity index (χ0v) is 12.9. The van der Waals surface area contributed by atoms with Gasteiger partial charge in [-0.15, -0.1) is 0 Å². The number of aryl methyl sites for hydroxylation is 1. The fourth-order valence-corrected chi connectivity index (χ4v) is 2.34. The molecule has 0 fully saturated rings. The predicted molar refractivity (Wildman–Crippen MR) is 84.2 cm³/mol. The summed E-state index contributed by atoms with van der Waals surface area (Å²) in [5.41, 5.74) is 7.63. The summed E-state index contributed by atoms with van der Waals surface area (Å²) in [4.78, 5) is 0. The summed E-state index contributed by atoms with van der Waals surface area (Å²) >= 11 is 6.04. The van der Waals surface area contributed by atoms with Crippen LogP contribution in [0.1, 0.15) is 30.6 Å². The summed E-state index contributed by atoms with van der Waals surface area (Å²) in [6.07, 6.45) is 0.440. The molecule has 0 saturated heterocycles. The van der Waals surface area contributed by atoms with E-state index in [4.69, 9.17) is 22.1 Å². The van der Waals surface area contributed by atoms with Crippen molar-refractivity contribution in [3.05, 3.63) is 64.4 Å². The van der Waals surface area contributed by atoms with Gasteiger partial charge in [-0.25, -0.2) is 4.39 Å². The molecule has 2 unspecified atom stereocenters. The maximum atomic E-state index is 13.3. The van der Waals surface area contributed by atoms with Gasteiger partial charge in [0.1, 0.15) is 17.7 Å². The van der Waals surface area contributed by atoms with E-state index in [1.165, 1.54) is 6.07 Å². The smallest absolute Gasteiger partial charge is 0.139 e. The van der Waals surface area contributed by atoms with Gasteiger partial charge in [0.25, 0.3) is 0 Å². The molecule has 0 aromatic heterocycles. The molecule has 0 aliphatic rings. The van der Waals surface area contributed by atoms with Crippen LogP contribution in [0.25, 0.3) is 0 Å². The molecule has 2 aromatic rings. The zero-order chi connectivity index (χ0) is 15.4. The molecule has 0 amide bonds. The second kappa shape index (κ2) is 6.92. The monoisotopic (exact) mass is 307 g/mol. The average Bonchev–Trinajstić information content (AvgIpc) is 2.47. The van der Waals surface area contributed by atoms with Crippen molar-refractivity contribution in [2.45, 2.75) is 32.4 Å². The Bertz CT molecular complexity index is 617. The molecule has 21 heavy (non-hydrogen) atoms. The van der Waals surface area contributed by atoms with E-state index in [-0.39, 0.29) is 18.0 Å². The molecule has 4 heteroatoms. The number of rotatable bonds is 5. The Labute approximate surface area is 129 Å². The molecule has 0 aliphatic heterocycles. The van der Waals surface area contributed by atoms with Gasteiger partial charge in [0, 0.05) is 11.1 Å². The highest BCUT2D eigenvalue weighted by Gasteiger charge is 2.21. The molecule has 2 aromatic carbocycles. The first kappa shape index (κ1) is 15.8. The van der Waals surface area contributed by atoms with E-state index in [9.17, 15) is 4.39 Å². The van der Waals surface area contributed by atoms with Crippen LogP contribution in [0.2, 0.25) is 5.02 Å². The number of hydrogen-bond donors (Lipinski definition) is 1. The quantitative estimate of drug-likeness (QED) is 0.873. The normalized spacial score (nSPS) is 13.8. The first-order valence-electron chi connectivity index (χ1n) is 6.95. The molecule has 112 valence electrons. The molecular weight excluding hydrogens is 289 g/mol. The van der Waals surface area contributed by atoms with Crippen LogP contribution in [-0.2, 0) is 0 Å². The lowest BCUT2D eigenvalue weighted by Crippen LogP contribution is -2.31. The lowest BCUT2D eigenvalue weighted by atomic mass is 10.0. The summed E-state index contributed by atoms with van der Waals surface area (Å²) in [6.45, 7) is 3.71. The van der Waals surface area contributed by atoms with Crippen LogP contribution in [0.4, 0.5) is 4.39 Å². The Morgan fingerprint density at radius 3 is 2.62 bits per heavy atom. The average molecular weight is 308 g/mol. The van der Waals surface area contributed by atoms with Crippen molar-refractivity contribution in [2.24, 2.45) is 5.73 Å². The van der Waals surface area contributed by atoms with Crippen LogP contribution in [0, 0.1) is 12.7 Å². The number of ether oxygens (including phenoxy) is 1. The molecule has 0 heterocycles. The Balaban J connectivity index is 2.30. The fourth-order valence-electron chi connectivity index (χ4n) is 2.14. The van der Waals surface area contributed by atoms with E-state index in [2.05, 4.69) is 0 Å². The molecule has 2 N–H and O–H groups in total. The van der Waals surface area contributed by atoms with Crippen molar-refractivity contribution in [1.29, 1.82) is 0 Å². The molecule has 2 nitrogen and oxygen atoms in total. The van der Waals surface area contributed by atoms with Crippen molar-refractivity contribution in [3.63, 3.8) is 0 Å². The number of benzene rings is 2. The molecular formula is C17H19ClFNO. The second-order valence-electron chi connectivity index (χ2n) is 5.08. The van der Waals surface area contributed by atoms with Crippen LogP contribution in [-0.4, -0.2) is 6.04 Å². The summed E-state index contributed by atoms with van der Waals surface area (Å²) in [7, 11) is 0. The minimum atomic E-state index is -0.321. The lowest BCUT2D eigenvalue weighted by Gasteiger charge is -2.25. The van der Waals surface area contributed by atoms with E-state index in [1.807, 2.05) is 31.2 Å². The molecule has 2 rings (SSSR count). The highest BCUT2D eigenvalue weighted by molar-refractivity contribution is 6.30. The zero-order valence-electron chi connectivity index (χ0n) is 12.1. The minimum absolute atomic E-state index is 0.172.